The number of halogens is 2. The Morgan fingerprint density at radius 1 is 1.27 bits per heavy atom. The number of likely N-dealkylation sites (N-methyl/N-ethyl adjacent to an activating group) is 1. The molecular formula is C16H20ClFN2O2. The molecule has 0 aliphatic heterocycles. The lowest BCUT2D eigenvalue weighted by Crippen LogP contribution is -2.34. The van der Waals surface area contributed by atoms with Crippen LogP contribution in [0.5, 0.6) is 0 Å². The molecule has 0 bridgehead atoms. The van der Waals surface area contributed by atoms with Crippen molar-refractivity contribution in [3.63, 3.8) is 0 Å². The molecule has 0 spiro atoms. The van der Waals surface area contributed by atoms with E-state index < -0.39 is 11.7 Å². The van der Waals surface area contributed by atoms with E-state index in [0.717, 1.165) is 11.5 Å². The van der Waals surface area contributed by atoms with Crippen LogP contribution in [-0.2, 0) is 0 Å². The topological polar surface area (TPSA) is 45.5 Å². The normalized spacial score (nSPS) is 11.9. The Hall–Kier alpha value is -1.85. The van der Waals surface area contributed by atoms with E-state index in [4.69, 9.17) is 4.42 Å². The van der Waals surface area contributed by atoms with Crippen molar-refractivity contribution >= 4 is 18.3 Å². The van der Waals surface area contributed by atoms with Crippen molar-refractivity contribution < 1.29 is 13.6 Å². The molecule has 120 valence electrons. The minimum absolute atomic E-state index is 0. The molecule has 6 heteroatoms. The number of amides is 1. The van der Waals surface area contributed by atoms with Crippen LogP contribution in [0.2, 0.25) is 0 Å². The fraction of sp³-hybridized carbons (Fsp3) is 0.312. The van der Waals surface area contributed by atoms with Gasteiger partial charge in [0.15, 0.2) is 0 Å². The van der Waals surface area contributed by atoms with Gasteiger partial charge in [-0.2, -0.15) is 0 Å². The summed E-state index contributed by atoms with van der Waals surface area (Å²) in [5.74, 6) is 0.636. The second kappa shape index (κ2) is 7.96. The minimum Gasteiger partial charge on any atom is -0.465 e. The smallest absolute Gasteiger partial charge is 0.254 e. The zero-order valence-corrected chi connectivity index (χ0v) is 13.6. The molecule has 0 radical (unpaired) electrons. The SMILES string of the molecule is Cc1ccc(C(CNC(=O)c2ccccc2F)N(C)C)o1.Cl. The fourth-order valence-corrected chi connectivity index (χ4v) is 2.10. The summed E-state index contributed by atoms with van der Waals surface area (Å²) in [6.45, 7) is 2.21. The van der Waals surface area contributed by atoms with Gasteiger partial charge in [0.25, 0.3) is 5.91 Å². The highest BCUT2D eigenvalue weighted by molar-refractivity contribution is 5.94. The van der Waals surface area contributed by atoms with E-state index in [1.165, 1.54) is 12.1 Å². The number of aryl methyl sites for hydroxylation is 1. The maximum atomic E-state index is 13.6. The van der Waals surface area contributed by atoms with Gasteiger partial charge in [0.05, 0.1) is 11.6 Å². The molecule has 0 aliphatic carbocycles. The summed E-state index contributed by atoms with van der Waals surface area (Å²) in [6.07, 6.45) is 0. The van der Waals surface area contributed by atoms with Crippen molar-refractivity contribution in [3.8, 4) is 0 Å². The Morgan fingerprint density at radius 3 is 2.50 bits per heavy atom. The second-order valence-corrected chi connectivity index (χ2v) is 5.12. The molecule has 1 aromatic heterocycles. The lowest BCUT2D eigenvalue weighted by molar-refractivity contribution is 0.0935. The number of nitrogens with zero attached hydrogens (tertiary/aromatic N) is 1. The van der Waals surface area contributed by atoms with Gasteiger partial charge in [0, 0.05) is 6.54 Å². The number of carbonyl (C=O) groups excluding carboxylic acids is 1. The summed E-state index contributed by atoms with van der Waals surface area (Å²) in [7, 11) is 3.80. The summed E-state index contributed by atoms with van der Waals surface area (Å²) < 4.78 is 19.2. The van der Waals surface area contributed by atoms with Crippen LogP contribution < -0.4 is 5.32 Å². The largest absolute Gasteiger partial charge is 0.465 e. The average Bonchev–Trinajstić information content (AvgIpc) is 2.85. The second-order valence-electron chi connectivity index (χ2n) is 5.12. The van der Waals surface area contributed by atoms with Crippen molar-refractivity contribution in [1.29, 1.82) is 0 Å². The van der Waals surface area contributed by atoms with Gasteiger partial charge >= 0.3 is 0 Å². The standard InChI is InChI=1S/C16H19FN2O2.ClH/c1-11-8-9-15(21-11)14(19(2)3)10-18-16(20)12-6-4-5-7-13(12)17;/h4-9,14H,10H2,1-3H3,(H,18,20);1H. The summed E-state index contributed by atoms with van der Waals surface area (Å²) in [4.78, 5) is 14.0. The summed E-state index contributed by atoms with van der Waals surface area (Å²) >= 11 is 0. The first kappa shape index (κ1) is 18.2. The molecule has 1 amide bonds. The van der Waals surface area contributed by atoms with Crippen LogP contribution in [0, 0.1) is 12.7 Å². The van der Waals surface area contributed by atoms with Crippen molar-refractivity contribution in [3.05, 3.63) is 59.3 Å². The van der Waals surface area contributed by atoms with E-state index in [1.807, 2.05) is 38.1 Å². The van der Waals surface area contributed by atoms with Crippen LogP contribution in [-0.4, -0.2) is 31.4 Å². The fourth-order valence-electron chi connectivity index (χ4n) is 2.10. The first-order chi connectivity index (χ1) is 9.99. The zero-order chi connectivity index (χ0) is 15.4. The van der Waals surface area contributed by atoms with E-state index in [0.29, 0.717) is 6.54 Å². The third-order valence-electron chi connectivity index (χ3n) is 3.29. The first-order valence-corrected chi connectivity index (χ1v) is 6.74. The highest BCUT2D eigenvalue weighted by Gasteiger charge is 2.19. The van der Waals surface area contributed by atoms with E-state index >= 15 is 0 Å². The number of furan rings is 1. The number of rotatable bonds is 5. The van der Waals surface area contributed by atoms with Crippen molar-refractivity contribution in [2.75, 3.05) is 20.6 Å². The molecule has 0 saturated carbocycles. The molecule has 1 unspecified atom stereocenters. The molecule has 1 N–H and O–H groups in total. The number of hydrogen-bond acceptors (Lipinski definition) is 3. The molecule has 0 aliphatic rings. The van der Waals surface area contributed by atoms with Crippen molar-refractivity contribution in [1.82, 2.24) is 10.2 Å². The van der Waals surface area contributed by atoms with Gasteiger partial charge in [0.2, 0.25) is 0 Å². The Kier molecular flexibility index (Phi) is 6.59. The predicted octanol–water partition coefficient (Wildman–Crippen LogP) is 3.18. The Bertz CT molecular complexity index is 628. The van der Waals surface area contributed by atoms with E-state index in [2.05, 4.69) is 5.32 Å². The van der Waals surface area contributed by atoms with Gasteiger partial charge < -0.3 is 9.73 Å². The molecule has 2 rings (SSSR count). The summed E-state index contributed by atoms with van der Waals surface area (Å²) in [5, 5.41) is 2.75. The molecule has 4 nitrogen and oxygen atoms in total. The molecule has 1 aromatic carbocycles. The summed E-state index contributed by atoms with van der Waals surface area (Å²) in [5.41, 5.74) is 0.0469. The number of hydrogen-bond donors (Lipinski definition) is 1. The third-order valence-corrected chi connectivity index (χ3v) is 3.29. The molecular weight excluding hydrogens is 307 g/mol. The Balaban J connectivity index is 0.00000242. The maximum absolute atomic E-state index is 13.6. The monoisotopic (exact) mass is 326 g/mol. The number of benzene rings is 1. The highest BCUT2D eigenvalue weighted by Crippen LogP contribution is 2.20. The molecule has 0 fully saturated rings. The first-order valence-electron chi connectivity index (χ1n) is 6.74. The number of carbonyl (C=O) groups is 1. The predicted molar refractivity (Wildman–Crippen MR) is 85.9 cm³/mol. The van der Waals surface area contributed by atoms with Crippen LogP contribution in [0.25, 0.3) is 0 Å². The molecule has 0 saturated heterocycles. The quantitative estimate of drug-likeness (QED) is 0.918. The zero-order valence-electron chi connectivity index (χ0n) is 12.8. The lowest BCUT2D eigenvalue weighted by Gasteiger charge is -2.22. The van der Waals surface area contributed by atoms with Crippen LogP contribution >= 0.6 is 12.4 Å². The van der Waals surface area contributed by atoms with Gasteiger partial charge in [-0.1, -0.05) is 12.1 Å². The van der Waals surface area contributed by atoms with Crippen molar-refractivity contribution in [2.24, 2.45) is 0 Å². The summed E-state index contributed by atoms with van der Waals surface area (Å²) in [6, 6.07) is 9.59. The van der Waals surface area contributed by atoms with Gasteiger partial charge in [-0.25, -0.2) is 4.39 Å². The Morgan fingerprint density at radius 2 is 1.95 bits per heavy atom. The highest BCUT2D eigenvalue weighted by atomic mass is 35.5. The van der Waals surface area contributed by atoms with Crippen LogP contribution in [0.4, 0.5) is 4.39 Å². The van der Waals surface area contributed by atoms with Crippen LogP contribution in [0.3, 0.4) is 0 Å². The lowest BCUT2D eigenvalue weighted by atomic mass is 10.1. The van der Waals surface area contributed by atoms with Gasteiger partial charge in [-0.15, -0.1) is 12.4 Å². The van der Waals surface area contributed by atoms with Crippen molar-refractivity contribution in [2.45, 2.75) is 13.0 Å². The number of nitrogens with one attached hydrogen (secondary N) is 1. The maximum Gasteiger partial charge on any atom is 0.254 e. The van der Waals surface area contributed by atoms with Gasteiger partial charge in [-0.05, 0) is 45.3 Å². The van der Waals surface area contributed by atoms with Gasteiger partial charge in [-0.3, -0.25) is 9.69 Å². The van der Waals surface area contributed by atoms with Gasteiger partial charge in [0.1, 0.15) is 17.3 Å². The van der Waals surface area contributed by atoms with E-state index in [9.17, 15) is 9.18 Å². The van der Waals surface area contributed by atoms with E-state index in [1.54, 1.807) is 12.1 Å². The molecule has 22 heavy (non-hydrogen) atoms. The molecule has 1 heterocycles. The van der Waals surface area contributed by atoms with Crippen LogP contribution in [0.1, 0.15) is 27.9 Å². The average molecular weight is 327 g/mol. The van der Waals surface area contributed by atoms with Crippen LogP contribution in [0.15, 0.2) is 40.8 Å². The third kappa shape index (κ3) is 4.32. The molecule has 1 atom stereocenters. The molecule has 2 aromatic rings. The van der Waals surface area contributed by atoms with E-state index in [-0.39, 0.29) is 24.0 Å². The Labute approximate surface area is 135 Å². The minimum atomic E-state index is -0.523.